The van der Waals surface area contributed by atoms with Crippen LogP contribution in [0.3, 0.4) is 0 Å². The van der Waals surface area contributed by atoms with Crippen molar-refractivity contribution in [2.24, 2.45) is 17.6 Å². The molecule has 0 aromatic carbocycles. The predicted molar refractivity (Wildman–Crippen MR) is 77.6 cm³/mol. The lowest BCUT2D eigenvalue weighted by Gasteiger charge is -2.28. The molecule has 21 heavy (non-hydrogen) atoms. The number of ether oxygens (including phenoxy) is 2. The van der Waals surface area contributed by atoms with E-state index in [1.54, 1.807) is 0 Å². The number of primary amides is 1. The topological polar surface area (TPSA) is 81.9 Å². The predicted octanol–water partition coefficient (Wildman–Crippen LogP) is 1.53. The van der Waals surface area contributed by atoms with Gasteiger partial charge in [-0.3, -0.25) is 4.79 Å². The molecule has 0 aliphatic carbocycles. The van der Waals surface area contributed by atoms with Gasteiger partial charge in [0.25, 0.3) is 0 Å². The number of amides is 2. The van der Waals surface area contributed by atoms with Crippen molar-refractivity contribution in [2.75, 3.05) is 26.3 Å². The second-order valence-electron chi connectivity index (χ2n) is 6.71. The Labute approximate surface area is 125 Å². The maximum Gasteiger partial charge on any atom is 0.405 e. The van der Waals surface area contributed by atoms with E-state index < -0.39 is 11.7 Å². The lowest BCUT2D eigenvalue weighted by atomic mass is 9.92. The van der Waals surface area contributed by atoms with Crippen LogP contribution in [0.15, 0.2) is 0 Å². The van der Waals surface area contributed by atoms with Crippen molar-refractivity contribution in [2.45, 2.75) is 45.1 Å². The third kappa shape index (κ3) is 4.59. The highest BCUT2D eigenvalue weighted by Crippen LogP contribution is 2.29. The van der Waals surface area contributed by atoms with Gasteiger partial charge in [-0.2, -0.15) is 0 Å². The third-order valence-corrected chi connectivity index (χ3v) is 4.33. The van der Waals surface area contributed by atoms with Crippen LogP contribution in [0.25, 0.3) is 0 Å². The number of likely N-dealkylation sites (tertiary alicyclic amines) is 1. The van der Waals surface area contributed by atoms with Gasteiger partial charge in [0.05, 0.1) is 0 Å². The molecule has 2 aliphatic heterocycles. The number of nitrogens with two attached hydrogens (primary N) is 1. The Morgan fingerprint density at radius 3 is 2.57 bits per heavy atom. The number of nitrogens with zero attached hydrogens (tertiary/aromatic N) is 1. The molecular formula is C15H26N2O4. The van der Waals surface area contributed by atoms with Gasteiger partial charge in [-0.1, -0.05) is 0 Å². The molecule has 6 heteroatoms. The van der Waals surface area contributed by atoms with Crippen molar-refractivity contribution >= 4 is 12.0 Å². The van der Waals surface area contributed by atoms with Gasteiger partial charge in [-0.05, 0) is 45.4 Å². The highest BCUT2D eigenvalue weighted by Gasteiger charge is 2.35. The summed E-state index contributed by atoms with van der Waals surface area (Å²) in [6, 6.07) is 0. The minimum atomic E-state index is -0.742. The standard InChI is InChI=1S/C15H26N2O4/c1-15(2,21-14(16)19)9-11-3-6-17(10-11)13(18)12-4-7-20-8-5-12/h11-12H,3-10H2,1-2H3,(H2,16,19)/t11-/m0/s1. The molecule has 0 radical (unpaired) electrons. The molecule has 2 N–H and O–H groups in total. The molecule has 0 aromatic heterocycles. The second kappa shape index (κ2) is 6.64. The fraction of sp³-hybridized carbons (Fsp3) is 0.867. The summed E-state index contributed by atoms with van der Waals surface area (Å²) in [4.78, 5) is 25.3. The number of rotatable bonds is 4. The van der Waals surface area contributed by atoms with Crippen LogP contribution in [0.4, 0.5) is 4.79 Å². The first-order chi connectivity index (χ1) is 9.87. The normalized spacial score (nSPS) is 24.1. The van der Waals surface area contributed by atoms with E-state index in [2.05, 4.69) is 0 Å². The summed E-state index contributed by atoms with van der Waals surface area (Å²) in [7, 11) is 0. The number of carbonyl (C=O) groups excluding carboxylic acids is 2. The van der Waals surface area contributed by atoms with Gasteiger partial charge in [-0.15, -0.1) is 0 Å². The van der Waals surface area contributed by atoms with Crippen LogP contribution < -0.4 is 5.73 Å². The van der Waals surface area contributed by atoms with Crippen LogP contribution >= 0.6 is 0 Å². The van der Waals surface area contributed by atoms with Gasteiger partial charge in [0.15, 0.2) is 0 Å². The quantitative estimate of drug-likeness (QED) is 0.853. The summed E-state index contributed by atoms with van der Waals surface area (Å²) in [6.07, 6.45) is 2.61. The van der Waals surface area contributed by atoms with Gasteiger partial charge in [-0.25, -0.2) is 4.79 Å². The fourth-order valence-electron chi connectivity index (χ4n) is 3.41. The van der Waals surface area contributed by atoms with Crippen LogP contribution in [-0.2, 0) is 14.3 Å². The molecule has 1 atom stereocenters. The van der Waals surface area contributed by atoms with Crippen molar-refractivity contribution in [1.29, 1.82) is 0 Å². The molecule has 2 heterocycles. The largest absolute Gasteiger partial charge is 0.444 e. The molecule has 0 saturated carbocycles. The highest BCUT2D eigenvalue weighted by molar-refractivity contribution is 5.79. The van der Waals surface area contributed by atoms with E-state index in [1.807, 2.05) is 18.7 Å². The summed E-state index contributed by atoms with van der Waals surface area (Å²) in [5, 5.41) is 0. The van der Waals surface area contributed by atoms with Crippen LogP contribution in [0.1, 0.15) is 39.5 Å². The van der Waals surface area contributed by atoms with Gasteiger partial charge in [0, 0.05) is 32.2 Å². The smallest absolute Gasteiger partial charge is 0.405 e. The Morgan fingerprint density at radius 1 is 1.29 bits per heavy atom. The van der Waals surface area contributed by atoms with Crippen molar-refractivity contribution in [3.8, 4) is 0 Å². The van der Waals surface area contributed by atoms with Crippen LogP contribution in [0.5, 0.6) is 0 Å². The maximum atomic E-state index is 12.5. The van der Waals surface area contributed by atoms with Gasteiger partial charge < -0.3 is 20.1 Å². The van der Waals surface area contributed by atoms with Crippen LogP contribution in [0.2, 0.25) is 0 Å². The summed E-state index contributed by atoms with van der Waals surface area (Å²) >= 11 is 0. The first-order valence-electron chi connectivity index (χ1n) is 7.72. The Kier molecular flexibility index (Phi) is 5.08. The summed E-state index contributed by atoms with van der Waals surface area (Å²) in [5.41, 5.74) is 4.51. The molecule has 0 spiro atoms. The zero-order valence-electron chi connectivity index (χ0n) is 13.0. The molecule has 2 fully saturated rings. The van der Waals surface area contributed by atoms with Crippen molar-refractivity contribution in [1.82, 2.24) is 4.90 Å². The molecule has 0 aromatic rings. The van der Waals surface area contributed by atoms with Crippen molar-refractivity contribution in [3.05, 3.63) is 0 Å². The molecule has 6 nitrogen and oxygen atoms in total. The first-order valence-corrected chi connectivity index (χ1v) is 7.72. The Hall–Kier alpha value is -1.30. The lowest BCUT2D eigenvalue weighted by molar-refractivity contribution is -0.137. The minimum absolute atomic E-state index is 0.118. The summed E-state index contributed by atoms with van der Waals surface area (Å²) in [5.74, 6) is 0.741. The SMILES string of the molecule is CC(C)(C[C@@H]1CCN(C(=O)C2CCOCC2)C1)OC(N)=O. The zero-order chi connectivity index (χ0) is 15.5. The average molecular weight is 298 g/mol. The van der Waals surface area contributed by atoms with E-state index in [9.17, 15) is 9.59 Å². The number of carbonyl (C=O) groups is 2. The van der Waals surface area contributed by atoms with Crippen LogP contribution in [-0.4, -0.2) is 48.8 Å². The second-order valence-corrected chi connectivity index (χ2v) is 6.71. The molecule has 2 saturated heterocycles. The first kappa shape index (κ1) is 16.1. The number of hydrogen-bond acceptors (Lipinski definition) is 4. The van der Waals surface area contributed by atoms with Gasteiger partial charge in [0.2, 0.25) is 5.91 Å². The van der Waals surface area contributed by atoms with E-state index in [0.717, 1.165) is 38.8 Å². The third-order valence-electron chi connectivity index (χ3n) is 4.33. The van der Waals surface area contributed by atoms with E-state index in [4.69, 9.17) is 15.2 Å². The van der Waals surface area contributed by atoms with E-state index >= 15 is 0 Å². The molecule has 2 rings (SSSR count). The minimum Gasteiger partial charge on any atom is -0.444 e. The summed E-state index contributed by atoms with van der Waals surface area (Å²) in [6.45, 7) is 6.65. The average Bonchev–Trinajstić information content (AvgIpc) is 2.85. The van der Waals surface area contributed by atoms with E-state index in [0.29, 0.717) is 19.1 Å². The molecule has 2 aliphatic rings. The number of hydrogen-bond donors (Lipinski definition) is 1. The zero-order valence-corrected chi connectivity index (χ0v) is 13.0. The molecule has 0 bridgehead atoms. The summed E-state index contributed by atoms with van der Waals surface area (Å²) < 4.78 is 10.4. The lowest BCUT2D eigenvalue weighted by Crippen LogP contribution is -2.38. The van der Waals surface area contributed by atoms with Crippen LogP contribution in [0, 0.1) is 11.8 Å². The Bertz CT molecular complexity index is 391. The Morgan fingerprint density at radius 2 is 1.95 bits per heavy atom. The highest BCUT2D eigenvalue weighted by atomic mass is 16.6. The van der Waals surface area contributed by atoms with E-state index in [-0.39, 0.29) is 11.8 Å². The van der Waals surface area contributed by atoms with Gasteiger partial charge >= 0.3 is 6.09 Å². The van der Waals surface area contributed by atoms with E-state index in [1.165, 1.54) is 0 Å². The Balaban J connectivity index is 1.82. The molecule has 2 amide bonds. The fourth-order valence-corrected chi connectivity index (χ4v) is 3.41. The monoisotopic (exact) mass is 298 g/mol. The van der Waals surface area contributed by atoms with Crippen molar-refractivity contribution < 1.29 is 19.1 Å². The molecule has 120 valence electrons. The van der Waals surface area contributed by atoms with Gasteiger partial charge in [0.1, 0.15) is 5.60 Å². The maximum absolute atomic E-state index is 12.5. The molecular weight excluding hydrogens is 272 g/mol. The van der Waals surface area contributed by atoms with Crippen molar-refractivity contribution in [3.63, 3.8) is 0 Å². The molecule has 0 unspecified atom stereocenters.